The Morgan fingerprint density at radius 3 is 3.05 bits per heavy atom. The molecule has 0 bridgehead atoms. The second-order valence-corrected chi connectivity index (χ2v) is 6.56. The van der Waals surface area contributed by atoms with Crippen molar-refractivity contribution in [3.05, 3.63) is 23.5 Å². The van der Waals surface area contributed by atoms with Crippen LogP contribution in [0.1, 0.15) is 37.7 Å². The Kier molecular flexibility index (Phi) is 4.36. The van der Waals surface area contributed by atoms with E-state index in [0.717, 1.165) is 53.0 Å². The number of aromatic nitrogens is 3. The standard InChI is InChI=1S/C15H18N4OS.ClH/c1-9(20)15-18-12-8-17-11-4-6-21-14(11)13(12)19(15)10-3-2-5-16-7-10;/h4,6,8-10,16,20H,2-3,5,7H2,1H3;1H/t9?,10-;/m0./s1. The van der Waals surface area contributed by atoms with Crippen LogP contribution in [0.15, 0.2) is 17.6 Å². The average molecular weight is 339 g/mol. The second-order valence-electron chi connectivity index (χ2n) is 5.64. The number of aliphatic hydroxyl groups is 1. The lowest BCUT2D eigenvalue weighted by atomic mass is 10.1. The Labute approximate surface area is 138 Å². The third-order valence-corrected chi connectivity index (χ3v) is 5.07. The van der Waals surface area contributed by atoms with Crippen molar-refractivity contribution in [1.29, 1.82) is 0 Å². The number of piperidine rings is 1. The summed E-state index contributed by atoms with van der Waals surface area (Å²) in [4.78, 5) is 9.11. The lowest BCUT2D eigenvalue weighted by molar-refractivity contribution is 0.179. The molecule has 0 spiro atoms. The van der Waals surface area contributed by atoms with Gasteiger partial charge in [-0.3, -0.25) is 4.98 Å². The molecule has 1 aliphatic heterocycles. The van der Waals surface area contributed by atoms with Crippen molar-refractivity contribution in [3.8, 4) is 0 Å². The number of halogens is 1. The molecule has 4 heterocycles. The zero-order valence-electron chi connectivity index (χ0n) is 12.3. The van der Waals surface area contributed by atoms with Crippen LogP contribution in [0.4, 0.5) is 0 Å². The Hall–Kier alpha value is -1.21. The van der Waals surface area contributed by atoms with Gasteiger partial charge < -0.3 is 15.0 Å². The van der Waals surface area contributed by atoms with E-state index in [9.17, 15) is 5.11 Å². The summed E-state index contributed by atoms with van der Waals surface area (Å²) in [6.45, 7) is 3.79. The number of aliphatic hydroxyl groups excluding tert-OH is 1. The van der Waals surface area contributed by atoms with E-state index in [2.05, 4.69) is 25.2 Å². The van der Waals surface area contributed by atoms with Gasteiger partial charge in [0.1, 0.15) is 17.4 Å². The molecule has 0 amide bonds. The van der Waals surface area contributed by atoms with Gasteiger partial charge in [0.25, 0.3) is 0 Å². The predicted molar refractivity (Wildman–Crippen MR) is 91.9 cm³/mol. The molecule has 1 fully saturated rings. The first-order chi connectivity index (χ1) is 10.3. The van der Waals surface area contributed by atoms with Crippen molar-refractivity contribution in [2.24, 2.45) is 0 Å². The molecule has 3 aromatic rings. The summed E-state index contributed by atoms with van der Waals surface area (Å²) in [5, 5.41) is 15.7. The van der Waals surface area contributed by atoms with Crippen LogP contribution in [0.2, 0.25) is 0 Å². The summed E-state index contributed by atoms with van der Waals surface area (Å²) < 4.78 is 3.41. The van der Waals surface area contributed by atoms with Crippen LogP contribution in [0.5, 0.6) is 0 Å². The summed E-state index contributed by atoms with van der Waals surface area (Å²) in [5.74, 6) is 0.751. The number of fused-ring (bicyclic) bond motifs is 3. The maximum atomic E-state index is 10.1. The minimum Gasteiger partial charge on any atom is -0.385 e. The van der Waals surface area contributed by atoms with Crippen LogP contribution in [0.3, 0.4) is 0 Å². The van der Waals surface area contributed by atoms with Gasteiger partial charge in [0.2, 0.25) is 0 Å². The van der Waals surface area contributed by atoms with Crippen LogP contribution in [0.25, 0.3) is 21.3 Å². The Morgan fingerprint density at radius 1 is 1.45 bits per heavy atom. The number of thiophene rings is 1. The fraction of sp³-hybridized carbons (Fsp3) is 0.467. The minimum atomic E-state index is -0.575. The van der Waals surface area contributed by atoms with Gasteiger partial charge in [0.05, 0.1) is 21.9 Å². The van der Waals surface area contributed by atoms with Crippen LogP contribution in [-0.4, -0.2) is 32.7 Å². The van der Waals surface area contributed by atoms with Crippen LogP contribution < -0.4 is 5.32 Å². The molecule has 2 N–H and O–H groups in total. The second kappa shape index (κ2) is 6.12. The SMILES string of the molecule is CC(O)c1nc2cnc3ccsc3c2n1[C@H]1CCCNC1.Cl. The molecule has 0 saturated carbocycles. The van der Waals surface area contributed by atoms with E-state index in [1.54, 1.807) is 18.3 Å². The molecule has 3 aromatic heterocycles. The van der Waals surface area contributed by atoms with E-state index < -0.39 is 6.10 Å². The number of rotatable bonds is 2. The molecule has 22 heavy (non-hydrogen) atoms. The first kappa shape index (κ1) is 15.7. The average Bonchev–Trinajstić information content (AvgIpc) is 3.11. The molecule has 7 heteroatoms. The van der Waals surface area contributed by atoms with Crippen LogP contribution in [0, 0.1) is 0 Å². The van der Waals surface area contributed by atoms with Gasteiger partial charge in [-0.25, -0.2) is 4.98 Å². The molecule has 4 rings (SSSR count). The first-order valence-corrected chi connectivity index (χ1v) is 8.26. The maximum absolute atomic E-state index is 10.1. The molecular weight excluding hydrogens is 320 g/mol. The van der Waals surface area contributed by atoms with Gasteiger partial charge >= 0.3 is 0 Å². The zero-order valence-corrected chi connectivity index (χ0v) is 14.0. The van der Waals surface area contributed by atoms with E-state index in [0.29, 0.717) is 6.04 Å². The van der Waals surface area contributed by atoms with Gasteiger partial charge in [0, 0.05) is 12.6 Å². The van der Waals surface area contributed by atoms with Crippen molar-refractivity contribution >= 4 is 45.0 Å². The largest absolute Gasteiger partial charge is 0.385 e. The van der Waals surface area contributed by atoms with E-state index in [1.165, 1.54) is 0 Å². The summed E-state index contributed by atoms with van der Waals surface area (Å²) in [5.41, 5.74) is 3.01. The number of imidazole rings is 1. The van der Waals surface area contributed by atoms with Crippen molar-refractivity contribution in [1.82, 2.24) is 19.9 Å². The molecule has 1 aliphatic rings. The Bertz CT molecular complexity index is 791. The lowest BCUT2D eigenvalue weighted by Crippen LogP contribution is -2.32. The summed E-state index contributed by atoms with van der Waals surface area (Å²) in [7, 11) is 0. The smallest absolute Gasteiger partial charge is 0.138 e. The minimum absolute atomic E-state index is 0. The quantitative estimate of drug-likeness (QED) is 0.754. The zero-order chi connectivity index (χ0) is 14.4. The van der Waals surface area contributed by atoms with E-state index >= 15 is 0 Å². The third kappa shape index (κ3) is 2.40. The van der Waals surface area contributed by atoms with Crippen molar-refractivity contribution in [3.63, 3.8) is 0 Å². The van der Waals surface area contributed by atoms with Crippen molar-refractivity contribution < 1.29 is 5.11 Å². The highest BCUT2D eigenvalue weighted by atomic mass is 35.5. The molecule has 118 valence electrons. The summed E-state index contributed by atoms with van der Waals surface area (Å²) in [6.07, 6.45) is 3.52. The number of hydrogen-bond donors (Lipinski definition) is 2. The Morgan fingerprint density at radius 2 is 2.32 bits per heavy atom. The molecule has 1 saturated heterocycles. The molecular formula is C15H19ClN4OS. The molecule has 0 radical (unpaired) electrons. The van der Waals surface area contributed by atoms with Crippen LogP contribution in [-0.2, 0) is 0 Å². The normalized spacial score (nSPS) is 20.2. The first-order valence-electron chi connectivity index (χ1n) is 7.38. The molecule has 2 atom stereocenters. The fourth-order valence-electron chi connectivity index (χ4n) is 3.21. The van der Waals surface area contributed by atoms with Gasteiger partial charge in [0.15, 0.2) is 0 Å². The van der Waals surface area contributed by atoms with Gasteiger partial charge in [-0.15, -0.1) is 23.7 Å². The van der Waals surface area contributed by atoms with E-state index in [4.69, 9.17) is 0 Å². The van der Waals surface area contributed by atoms with Gasteiger partial charge in [-0.05, 0) is 37.8 Å². The van der Waals surface area contributed by atoms with Crippen molar-refractivity contribution in [2.45, 2.75) is 31.9 Å². The van der Waals surface area contributed by atoms with Crippen molar-refractivity contribution in [2.75, 3.05) is 13.1 Å². The Balaban J connectivity index is 0.00000144. The lowest BCUT2D eigenvalue weighted by Gasteiger charge is -2.27. The van der Waals surface area contributed by atoms with Gasteiger partial charge in [-0.2, -0.15) is 0 Å². The summed E-state index contributed by atoms with van der Waals surface area (Å²) >= 11 is 1.69. The maximum Gasteiger partial charge on any atom is 0.138 e. The number of nitrogens with zero attached hydrogens (tertiary/aromatic N) is 3. The monoisotopic (exact) mass is 338 g/mol. The highest BCUT2D eigenvalue weighted by molar-refractivity contribution is 7.18. The van der Waals surface area contributed by atoms with Crippen LogP contribution >= 0.6 is 23.7 Å². The number of nitrogens with one attached hydrogen (secondary N) is 1. The molecule has 1 unspecified atom stereocenters. The topological polar surface area (TPSA) is 63.0 Å². The highest BCUT2D eigenvalue weighted by Crippen LogP contribution is 2.34. The van der Waals surface area contributed by atoms with E-state index in [-0.39, 0.29) is 12.4 Å². The fourth-order valence-corrected chi connectivity index (χ4v) is 4.10. The third-order valence-electron chi connectivity index (χ3n) is 4.16. The molecule has 0 aliphatic carbocycles. The number of hydrogen-bond acceptors (Lipinski definition) is 5. The number of pyridine rings is 1. The van der Waals surface area contributed by atoms with Gasteiger partial charge in [-0.1, -0.05) is 0 Å². The molecule has 5 nitrogen and oxygen atoms in total. The molecule has 0 aromatic carbocycles. The predicted octanol–water partition coefficient (Wildman–Crippen LogP) is 3.05. The highest BCUT2D eigenvalue weighted by Gasteiger charge is 2.25. The summed E-state index contributed by atoms with van der Waals surface area (Å²) in [6, 6.07) is 2.39. The van der Waals surface area contributed by atoms with E-state index in [1.807, 2.05) is 12.3 Å².